The second kappa shape index (κ2) is 7.43. The predicted molar refractivity (Wildman–Crippen MR) is 64.0 cm³/mol. The zero-order chi connectivity index (χ0) is 10.9. The van der Waals surface area contributed by atoms with E-state index in [0.29, 0.717) is 0 Å². The van der Waals surface area contributed by atoms with Crippen LogP contribution in [0, 0.1) is 6.92 Å². The monoisotopic (exact) mass is 207 g/mol. The molecule has 0 atom stereocenters. The summed E-state index contributed by atoms with van der Waals surface area (Å²) in [7, 11) is 1.75. The van der Waals surface area contributed by atoms with Crippen molar-refractivity contribution >= 4 is 0 Å². The van der Waals surface area contributed by atoms with Crippen molar-refractivity contribution < 1.29 is 4.74 Å². The van der Waals surface area contributed by atoms with E-state index in [9.17, 15) is 0 Å². The van der Waals surface area contributed by atoms with Crippen LogP contribution in [0.4, 0.5) is 0 Å². The fourth-order valence-corrected chi connectivity index (χ4v) is 1.44. The molecule has 0 saturated heterocycles. The van der Waals surface area contributed by atoms with Crippen molar-refractivity contribution in [3.8, 4) is 0 Å². The fourth-order valence-electron chi connectivity index (χ4n) is 1.44. The van der Waals surface area contributed by atoms with Crippen molar-refractivity contribution in [1.29, 1.82) is 0 Å². The van der Waals surface area contributed by atoms with Crippen LogP contribution in [0.2, 0.25) is 0 Å². The Bertz CT molecular complexity index is 256. The number of unbranched alkanes of at least 4 members (excludes halogenated alkanes) is 1. The molecule has 0 spiro atoms. The molecule has 1 N–H and O–H groups in total. The largest absolute Gasteiger partial charge is 0.385 e. The maximum Gasteiger partial charge on any atom is 0.0462 e. The first-order valence-corrected chi connectivity index (χ1v) is 5.58. The van der Waals surface area contributed by atoms with Gasteiger partial charge in [0.2, 0.25) is 0 Å². The van der Waals surface area contributed by atoms with Crippen LogP contribution in [0.15, 0.2) is 24.3 Å². The Morgan fingerprint density at radius 2 is 1.87 bits per heavy atom. The van der Waals surface area contributed by atoms with Gasteiger partial charge in [-0.2, -0.15) is 0 Å². The van der Waals surface area contributed by atoms with Gasteiger partial charge in [0, 0.05) is 20.3 Å². The zero-order valence-corrected chi connectivity index (χ0v) is 9.75. The average Bonchev–Trinajstić information content (AvgIpc) is 2.26. The standard InChI is InChI=1S/C13H21NO/c1-12-5-7-13(8-6-12)11-14-9-3-4-10-15-2/h5-8,14H,3-4,9-11H2,1-2H3. The molecule has 0 fully saturated rings. The Morgan fingerprint density at radius 1 is 1.13 bits per heavy atom. The van der Waals surface area contributed by atoms with E-state index in [0.717, 1.165) is 26.1 Å². The third-order valence-electron chi connectivity index (χ3n) is 2.40. The number of benzene rings is 1. The minimum Gasteiger partial charge on any atom is -0.385 e. The second-order valence-electron chi connectivity index (χ2n) is 3.86. The molecule has 0 bridgehead atoms. The van der Waals surface area contributed by atoms with Crippen LogP contribution < -0.4 is 5.32 Å². The molecule has 1 rings (SSSR count). The molecule has 0 aliphatic carbocycles. The number of rotatable bonds is 7. The van der Waals surface area contributed by atoms with Crippen LogP contribution in [0.25, 0.3) is 0 Å². The summed E-state index contributed by atoms with van der Waals surface area (Å²) >= 11 is 0. The van der Waals surface area contributed by atoms with Crippen LogP contribution in [0.3, 0.4) is 0 Å². The molecule has 2 heteroatoms. The highest BCUT2D eigenvalue weighted by atomic mass is 16.5. The van der Waals surface area contributed by atoms with E-state index in [2.05, 4.69) is 36.5 Å². The molecule has 1 aromatic carbocycles. The molecule has 15 heavy (non-hydrogen) atoms. The number of methoxy groups -OCH3 is 1. The highest BCUT2D eigenvalue weighted by Crippen LogP contribution is 2.02. The second-order valence-corrected chi connectivity index (χ2v) is 3.86. The lowest BCUT2D eigenvalue weighted by molar-refractivity contribution is 0.192. The molecule has 0 amide bonds. The topological polar surface area (TPSA) is 21.3 Å². The van der Waals surface area contributed by atoms with Gasteiger partial charge < -0.3 is 10.1 Å². The molecular formula is C13H21NO. The van der Waals surface area contributed by atoms with E-state index in [1.165, 1.54) is 17.5 Å². The van der Waals surface area contributed by atoms with Crippen molar-refractivity contribution in [2.75, 3.05) is 20.3 Å². The summed E-state index contributed by atoms with van der Waals surface area (Å²) in [4.78, 5) is 0. The molecule has 0 aromatic heterocycles. The zero-order valence-electron chi connectivity index (χ0n) is 9.75. The van der Waals surface area contributed by atoms with Gasteiger partial charge in [0.1, 0.15) is 0 Å². The lowest BCUT2D eigenvalue weighted by Gasteiger charge is -2.05. The lowest BCUT2D eigenvalue weighted by atomic mass is 10.1. The number of hydrogen-bond acceptors (Lipinski definition) is 2. The summed E-state index contributed by atoms with van der Waals surface area (Å²) in [6.45, 7) is 5.01. The molecule has 2 nitrogen and oxygen atoms in total. The Hall–Kier alpha value is -0.860. The quantitative estimate of drug-likeness (QED) is 0.694. The minimum absolute atomic E-state index is 0.867. The number of aryl methyl sites for hydroxylation is 1. The molecular weight excluding hydrogens is 186 g/mol. The van der Waals surface area contributed by atoms with Crippen LogP contribution in [-0.2, 0) is 11.3 Å². The van der Waals surface area contributed by atoms with Gasteiger partial charge in [-0.15, -0.1) is 0 Å². The maximum atomic E-state index is 4.99. The molecule has 0 saturated carbocycles. The van der Waals surface area contributed by atoms with Gasteiger partial charge in [0.05, 0.1) is 0 Å². The summed E-state index contributed by atoms with van der Waals surface area (Å²) in [5, 5.41) is 3.42. The average molecular weight is 207 g/mol. The van der Waals surface area contributed by atoms with Gasteiger partial charge in [-0.25, -0.2) is 0 Å². The van der Waals surface area contributed by atoms with E-state index < -0.39 is 0 Å². The van der Waals surface area contributed by atoms with Gasteiger partial charge in [0.25, 0.3) is 0 Å². The summed E-state index contributed by atoms with van der Waals surface area (Å²) in [6, 6.07) is 8.67. The summed E-state index contributed by atoms with van der Waals surface area (Å²) in [5.41, 5.74) is 2.67. The summed E-state index contributed by atoms with van der Waals surface area (Å²) in [6.07, 6.45) is 2.32. The number of ether oxygens (including phenoxy) is 1. The Morgan fingerprint density at radius 3 is 2.53 bits per heavy atom. The first kappa shape index (κ1) is 12.2. The van der Waals surface area contributed by atoms with E-state index in [-0.39, 0.29) is 0 Å². The van der Waals surface area contributed by atoms with E-state index >= 15 is 0 Å². The van der Waals surface area contributed by atoms with Crippen LogP contribution >= 0.6 is 0 Å². The molecule has 0 radical (unpaired) electrons. The minimum atomic E-state index is 0.867. The van der Waals surface area contributed by atoms with Gasteiger partial charge in [-0.05, 0) is 31.9 Å². The molecule has 0 aliphatic heterocycles. The Labute approximate surface area is 92.6 Å². The smallest absolute Gasteiger partial charge is 0.0462 e. The number of nitrogens with one attached hydrogen (secondary N) is 1. The van der Waals surface area contributed by atoms with Crippen molar-refractivity contribution in [2.24, 2.45) is 0 Å². The predicted octanol–water partition coefficient (Wildman–Crippen LogP) is 2.51. The van der Waals surface area contributed by atoms with Crippen molar-refractivity contribution in [3.63, 3.8) is 0 Å². The van der Waals surface area contributed by atoms with E-state index in [1.54, 1.807) is 7.11 Å². The van der Waals surface area contributed by atoms with Crippen LogP contribution in [0.1, 0.15) is 24.0 Å². The SMILES string of the molecule is COCCCCNCc1ccc(C)cc1. The molecule has 0 unspecified atom stereocenters. The van der Waals surface area contributed by atoms with Crippen LogP contribution in [0.5, 0.6) is 0 Å². The van der Waals surface area contributed by atoms with E-state index in [1.807, 2.05) is 0 Å². The van der Waals surface area contributed by atoms with Crippen molar-refractivity contribution in [1.82, 2.24) is 5.32 Å². The maximum absolute atomic E-state index is 4.99. The van der Waals surface area contributed by atoms with Crippen molar-refractivity contribution in [3.05, 3.63) is 35.4 Å². The molecule has 1 aromatic rings. The fraction of sp³-hybridized carbons (Fsp3) is 0.538. The van der Waals surface area contributed by atoms with E-state index in [4.69, 9.17) is 4.74 Å². The van der Waals surface area contributed by atoms with Crippen LogP contribution in [-0.4, -0.2) is 20.3 Å². The normalized spacial score (nSPS) is 10.5. The lowest BCUT2D eigenvalue weighted by Crippen LogP contribution is -2.15. The Balaban J connectivity index is 2.07. The van der Waals surface area contributed by atoms with Gasteiger partial charge >= 0.3 is 0 Å². The molecule has 84 valence electrons. The molecule has 0 aliphatic rings. The highest BCUT2D eigenvalue weighted by molar-refractivity contribution is 5.20. The van der Waals surface area contributed by atoms with Crippen molar-refractivity contribution in [2.45, 2.75) is 26.3 Å². The Kier molecular flexibility index (Phi) is 6.05. The van der Waals surface area contributed by atoms with Gasteiger partial charge in [-0.3, -0.25) is 0 Å². The third-order valence-corrected chi connectivity index (χ3v) is 2.40. The summed E-state index contributed by atoms with van der Waals surface area (Å²) in [5.74, 6) is 0. The highest BCUT2D eigenvalue weighted by Gasteiger charge is 1.92. The third kappa shape index (κ3) is 5.55. The first-order chi connectivity index (χ1) is 7.33. The number of hydrogen-bond donors (Lipinski definition) is 1. The summed E-state index contributed by atoms with van der Waals surface area (Å²) < 4.78 is 4.99. The molecule has 0 heterocycles. The first-order valence-electron chi connectivity index (χ1n) is 5.58. The van der Waals surface area contributed by atoms with Gasteiger partial charge in [0.15, 0.2) is 0 Å². The van der Waals surface area contributed by atoms with Gasteiger partial charge in [-0.1, -0.05) is 29.8 Å².